The Bertz CT molecular complexity index is 1040. The fraction of sp³-hybridized carbons (Fsp3) is 0.222. The average Bonchev–Trinajstić information content (AvgIpc) is 2.84. The molecule has 0 aromatic heterocycles. The van der Waals surface area contributed by atoms with Gasteiger partial charge in [0.05, 0.1) is 0 Å². The first-order valence-corrected chi connectivity index (χ1v) is 11.0. The zero-order valence-electron chi connectivity index (χ0n) is 18.3. The lowest BCUT2D eigenvalue weighted by molar-refractivity contribution is -0.142. The summed E-state index contributed by atoms with van der Waals surface area (Å²) in [5.41, 5.74) is 2.71. The van der Waals surface area contributed by atoms with E-state index in [4.69, 9.17) is 0 Å². The van der Waals surface area contributed by atoms with Gasteiger partial charge in [0.25, 0.3) is 0 Å². The topological polar surface area (TPSA) is 95.5 Å². The van der Waals surface area contributed by atoms with Crippen LogP contribution in [0.5, 0.6) is 0 Å². The van der Waals surface area contributed by atoms with E-state index in [1.54, 1.807) is 0 Å². The number of hydrogen-bond acceptors (Lipinski definition) is 3. The Balaban J connectivity index is 1.68. The van der Waals surface area contributed by atoms with Gasteiger partial charge in [-0.1, -0.05) is 91.0 Å². The molecular weight excluding hydrogens is 416 g/mol. The predicted molar refractivity (Wildman–Crippen MR) is 127 cm³/mol. The molecule has 3 aromatic rings. The first kappa shape index (κ1) is 23.7. The third-order valence-electron chi connectivity index (χ3n) is 5.32. The van der Waals surface area contributed by atoms with Gasteiger partial charge in [-0.3, -0.25) is 9.59 Å². The van der Waals surface area contributed by atoms with Gasteiger partial charge in [-0.25, -0.2) is 4.79 Å². The second kappa shape index (κ2) is 12.2. The molecule has 0 saturated heterocycles. The molecule has 2 amide bonds. The quantitative estimate of drug-likeness (QED) is 0.423. The minimum absolute atomic E-state index is 0.155. The zero-order valence-corrected chi connectivity index (χ0v) is 18.3. The van der Waals surface area contributed by atoms with E-state index in [1.165, 1.54) is 0 Å². The summed E-state index contributed by atoms with van der Waals surface area (Å²) in [6.45, 7) is 0. The van der Waals surface area contributed by atoms with Crippen LogP contribution in [0.1, 0.15) is 23.1 Å². The lowest BCUT2D eigenvalue weighted by Crippen LogP contribution is -2.53. The molecule has 0 aliphatic rings. The monoisotopic (exact) mass is 444 g/mol. The third-order valence-corrected chi connectivity index (χ3v) is 5.32. The van der Waals surface area contributed by atoms with Crippen LogP contribution in [0.4, 0.5) is 0 Å². The summed E-state index contributed by atoms with van der Waals surface area (Å²) >= 11 is 0. The van der Waals surface area contributed by atoms with Crippen LogP contribution in [-0.4, -0.2) is 35.0 Å². The van der Waals surface area contributed by atoms with Crippen molar-refractivity contribution in [3.8, 4) is 0 Å². The number of carbonyl (C=O) groups excluding carboxylic acids is 2. The Morgan fingerprint density at radius 1 is 0.636 bits per heavy atom. The largest absolute Gasteiger partial charge is 0.480 e. The van der Waals surface area contributed by atoms with Crippen molar-refractivity contribution in [2.75, 3.05) is 0 Å². The second-order valence-electron chi connectivity index (χ2n) is 7.88. The van der Waals surface area contributed by atoms with Crippen LogP contribution in [0.25, 0.3) is 0 Å². The van der Waals surface area contributed by atoms with Gasteiger partial charge >= 0.3 is 5.97 Å². The summed E-state index contributed by atoms with van der Waals surface area (Å²) < 4.78 is 0. The summed E-state index contributed by atoms with van der Waals surface area (Å²) in [7, 11) is 0. The second-order valence-corrected chi connectivity index (χ2v) is 7.88. The Kier molecular flexibility index (Phi) is 8.77. The van der Waals surface area contributed by atoms with Crippen molar-refractivity contribution in [2.24, 2.45) is 0 Å². The van der Waals surface area contributed by atoms with Crippen LogP contribution in [0.2, 0.25) is 0 Å². The maximum absolute atomic E-state index is 13.1. The highest BCUT2D eigenvalue weighted by Crippen LogP contribution is 2.08. The maximum Gasteiger partial charge on any atom is 0.326 e. The average molecular weight is 445 g/mol. The number of aliphatic carboxylic acids is 1. The van der Waals surface area contributed by atoms with Crippen LogP contribution in [0.15, 0.2) is 91.0 Å². The van der Waals surface area contributed by atoms with Crippen molar-refractivity contribution in [3.63, 3.8) is 0 Å². The lowest BCUT2D eigenvalue weighted by atomic mass is 10.0. The molecule has 0 aliphatic carbocycles. The van der Waals surface area contributed by atoms with Gasteiger partial charge in [-0.15, -0.1) is 0 Å². The number of benzene rings is 3. The van der Waals surface area contributed by atoms with E-state index in [1.807, 2.05) is 91.0 Å². The molecular formula is C27H28N2O4. The number of carboxylic acid groups (broad SMARTS) is 1. The summed E-state index contributed by atoms with van der Waals surface area (Å²) in [5, 5.41) is 15.1. The van der Waals surface area contributed by atoms with Crippen molar-refractivity contribution in [2.45, 2.75) is 37.8 Å². The van der Waals surface area contributed by atoms with Crippen LogP contribution in [0.3, 0.4) is 0 Å². The van der Waals surface area contributed by atoms with E-state index in [9.17, 15) is 19.5 Å². The van der Waals surface area contributed by atoms with Crippen LogP contribution in [-0.2, 0) is 33.6 Å². The normalized spacial score (nSPS) is 12.4. The minimum atomic E-state index is -1.12. The van der Waals surface area contributed by atoms with E-state index in [-0.39, 0.29) is 25.2 Å². The summed E-state index contributed by atoms with van der Waals surface area (Å²) in [6, 6.07) is 26.1. The van der Waals surface area contributed by atoms with E-state index in [2.05, 4.69) is 10.6 Å². The first-order valence-electron chi connectivity index (χ1n) is 11.0. The molecule has 3 N–H and O–H groups in total. The Labute approximate surface area is 193 Å². The first-order chi connectivity index (χ1) is 16.0. The number of carboxylic acids is 1. The molecule has 6 nitrogen and oxygen atoms in total. The SMILES string of the molecule is O=C(CCc1ccccc1)N[C@@H](Cc1ccccc1)C(=O)N[C@@H](Cc1ccccc1)C(=O)O. The van der Waals surface area contributed by atoms with Gasteiger partial charge in [0.1, 0.15) is 12.1 Å². The van der Waals surface area contributed by atoms with E-state index < -0.39 is 24.0 Å². The fourth-order valence-electron chi connectivity index (χ4n) is 3.55. The van der Waals surface area contributed by atoms with E-state index in [0.29, 0.717) is 6.42 Å². The molecule has 0 fully saturated rings. The molecule has 0 bridgehead atoms. The molecule has 170 valence electrons. The van der Waals surface area contributed by atoms with Crippen LogP contribution in [0, 0.1) is 0 Å². The molecule has 0 saturated carbocycles. The van der Waals surface area contributed by atoms with Crippen molar-refractivity contribution < 1.29 is 19.5 Å². The molecule has 3 aromatic carbocycles. The molecule has 0 heterocycles. The Hall–Kier alpha value is -3.93. The molecule has 33 heavy (non-hydrogen) atoms. The summed E-state index contributed by atoms with van der Waals surface area (Å²) in [4.78, 5) is 37.5. The van der Waals surface area contributed by atoms with Gasteiger partial charge in [-0.05, 0) is 23.1 Å². The standard InChI is InChI=1S/C27H28N2O4/c30-25(17-16-20-10-4-1-5-11-20)28-23(18-21-12-6-2-7-13-21)26(31)29-24(27(32)33)19-22-14-8-3-9-15-22/h1-15,23-24H,16-19H2,(H,28,30)(H,29,31)(H,32,33)/t23-,24-/m0/s1. The highest BCUT2D eigenvalue weighted by molar-refractivity contribution is 5.90. The number of nitrogens with one attached hydrogen (secondary N) is 2. The van der Waals surface area contributed by atoms with Crippen molar-refractivity contribution in [1.82, 2.24) is 10.6 Å². The van der Waals surface area contributed by atoms with Crippen molar-refractivity contribution >= 4 is 17.8 Å². The Morgan fingerprint density at radius 2 is 1.09 bits per heavy atom. The number of amides is 2. The molecule has 0 radical (unpaired) electrons. The van der Waals surface area contributed by atoms with Crippen LogP contribution >= 0.6 is 0 Å². The smallest absolute Gasteiger partial charge is 0.326 e. The van der Waals surface area contributed by atoms with Gasteiger partial charge in [-0.2, -0.15) is 0 Å². The molecule has 2 atom stereocenters. The molecule has 0 aliphatic heterocycles. The zero-order chi connectivity index (χ0) is 23.5. The predicted octanol–water partition coefficient (Wildman–Crippen LogP) is 3.16. The molecule has 0 unspecified atom stereocenters. The highest BCUT2D eigenvalue weighted by Gasteiger charge is 2.27. The summed E-state index contributed by atoms with van der Waals surface area (Å²) in [6.07, 6.45) is 1.20. The molecule has 0 spiro atoms. The van der Waals surface area contributed by atoms with E-state index in [0.717, 1.165) is 16.7 Å². The number of hydrogen-bond donors (Lipinski definition) is 3. The third kappa shape index (κ3) is 7.92. The fourth-order valence-corrected chi connectivity index (χ4v) is 3.55. The van der Waals surface area contributed by atoms with Crippen molar-refractivity contribution in [3.05, 3.63) is 108 Å². The van der Waals surface area contributed by atoms with Crippen LogP contribution < -0.4 is 10.6 Å². The van der Waals surface area contributed by atoms with Gasteiger partial charge in [0, 0.05) is 19.3 Å². The minimum Gasteiger partial charge on any atom is -0.480 e. The summed E-state index contributed by atoms with van der Waals surface area (Å²) in [5.74, 6) is -1.90. The number of aryl methyl sites for hydroxylation is 1. The molecule has 3 rings (SSSR count). The van der Waals surface area contributed by atoms with E-state index >= 15 is 0 Å². The Morgan fingerprint density at radius 3 is 1.58 bits per heavy atom. The van der Waals surface area contributed by atoms with Gasteiger partial charge in [0.15, 0.2) is 0 Å². The number of rotatable bonds is 11. The van der Waals surface area contributed by atoms with Gasteiger partial charge in [0.2, 0.25) is 11.8 Å². The number of carbonyl (C=O) groups is 3. The molecule has 6 heteroatoms. The lowest BCUT2D eigenvalue weighted by Gasteiger charge is -2.22. The maximum atomic E-state index is 13.1. The van der Waals surface area contributed by atoms with Crippen molar-refractivity contribution in [1.29, 1.82) is 0 Å². The highest BCUT2D eigenvalue weighted by atomic mass is 16.4. The van der Waals surface area contributed by atoms with Gasteiger partial charge < -0.3 is 15.7 Å².